The average molecular weight is 331 g/mol. The number of hydrogen-bond donors (Lipinski definition) is 2. The minimum atomic E-state index is -4.03. The Morgan fingerprint density at radius 3 is 2.64 bits per heavy atom. The molecule has 0 amide bonds. The van der Waals surface area contributed by atoms with E-state index in [9.17, 15) is 22.9 Å². The van der Waals surface area contributed by atoms with E-state index in [2.05, 4.69) is 4.72 Å². The molecule has 0 unspecified atom stereocenters. The normalized spacial score (nSPS) is 22.5. The minimum Gasteiger partial charge on any atom is -0.330 e. The zero-order valence-electron chi connectivity index (χ0n) is 11.9. The van der Waals surface area contributed by atoms with E-state index in [0.29, 0.717) is 19.0 Å². The number of sulfonamides is 1. The van der Waals surface area contributed by atoms with Crippen LogP contribution in [0.1, 0.15) is 25.7 Å². The lowest BCUT2D eigenvalue weighted by Crippen LogP contribution is -2.44. The summed E-state index contributed by atoms with van der Waals surface area (Å²) in [5.74, 6) is -0.944. The monoisotopic (exact) mass is 331 g/mol. The van der Waals surface area contributed by atoms with Crippen LogP contribution in [-0.4, -0.2) is 25.9 Å². The number of nitro benzene ring substituents is 1. The van der Waals surface area contributed by atoms with Gasteiger partial charge in [0.25, 0.3) is 5.69 Å². The second-order valence-corrected chi connectivity index (χ2v) is 7.12. The lowest BCUT2D eigenvalue weighted by molar-refractivity contribution is -0.385. The molecule has 0 radical (unpaired) electrons. The van der Waals surface area contributed by atoms with Gasteiger partial charge in [-0.2, -0.15) is 0 Å². The van der Waals surface area contributed by atoms with Gasteiger partial charge in [0, 0.05) is 12.1 Å². The van der Waals surface area contributed by atoms with Gasteiger partial charge >= 0.3 is 0 Å². The number of nitrogens with zero attached hydrogens (tertiary/aromatic N) is 1. The van der Waals surface area contributed by atoms with Crippen LogP contribution in [-0.2, 0) is 10.0 Å². The zero-order chi connectivity index (χ0) is 16.3. The maximum atomic E-state index is 13.4. The summed E-state index contributed by atoms with van der Waals surface area (Å²) in [5.41, 5.74) is 5.06. The van der Waals surface area contributed by atoms with Crippen LogP contribution in [0.15, 0.2) is 23.1 Å². The van der Waals surface area contributed by atoms with E-state index in [1.807, 2.05) is 0 Å². The van der Waals surface area contributed by atoms with Crippen LogP contribution in [0.3, 0.4) is 0 Å². The summed E-state index contributed by atoms with van der Waals surface area (Å²) in [6, 6.07) is 1.98. The molecule has 122 valence electrons. The van der Waals surface area contributed by atoms with Crippen molar-refractivity contribution in [3.05, 3.63) is 34.1 Å². The fraction of sp³-hybridized carbons (Fsp3) is 0.538. The van der Waals surface area contributed by atoms with Gasteiger partial charge in [0.05, 0.1) is 15.9 Å². The number of non-ortho nitro benzene ring substituents is 1. The summed E-state index contributed by atoms with van der Waals surface area (Å²) < 4.78 is 40.6. The average Bonchev–Trinajstić information content (AvgIpc) is 2.46. The lowest BCUT2D eigenvalue weighted by atomic mass is 9.85. The molecule has 1 fully saturated rings. The topological polar surface area (TPSA) is 115 Å². The highest BCUT2D eigenvalue weighted by molar-refractivity contribution is 7.89. The van der Waals surface area contributed by atoms with Crippen LogP contribution in [0.2, 0.25) is 0 Å². The summed E-state index contributed by atoms with van der Waals surface area (Å²) in [5, 5.41) is 10.7. The molecule has 0 spiro atoms. The van der Waals surface area contributed by atoms with Gasteiger partial charge in [-0.15, -0.1) is 0 Å². The molecule has 0 saturated heterocycles. The molecular formula is C13H18FN3O4S. The van der Waals surface area contributed by atoms with Crippen molar-refractivity contribution in [2.75, 3.05) is 6.54 Å². The lowest BCUT2D eigenvalue weighted by Gasteiger charge is -2.31. The van der Waals surface area contributed by atoms with Crippen molar-refractivity contribution < 1.29 is 17.7 Å². The van der Waals surface area contributed by atoms with Crippen molar-refractivity contribution in [2.24, 2.45) is 11.7 Å². The summed E-state index contributed by atoms with van der Waals surface area (Å²) in [6.45, 7) is 0.358. The molecule has 2 rings (SSSR count). The Hall–Kier alpha value is -1.58. The molecule has 9 heteroatoms. The third-order valence-corrected chi connectivity index (χ3v) is 5.36. The Morgan fingerprint density at radius 2 is 2.00 bits per heavy atom. The highest BCUT2D eigenvalue weighted by Crippen LogP contribution is 2.26. The molecule has 22 heavy (non-hydrogen) atoms. The number of hydrogen-bond acceptors (Lipinski definition) is 5. The number of nitrogens with two attached hydrogens (primary N) is 1. The number of nitrogens with one attached hydrogen (secondary N) is 1. The molecule has 0 bridgehead atoms. The van der Waals surface area contributed by atoms with E-state index in [0.717, 1.165) is 31.4 Å². The van der Waals surface area contributed by atoms with Gasteiger partial charge in [0.1, 0.15) is 5.82 Å². The maximum Gasteiger partial charge on any atom is 0.273 e. The number of halogens is 1. The Kier molecular flexibility index (Phi) is 5.09. The van der Waals surface area contributed by atoms with Crippen molar-refractivity contribution in [2.45, 2.75) is 36.6 Å². The van der Waals surface area contributed by atoms with Crippen molar-refractivity contribution in [3.8, 4) is 0 Å². The molecule has 1 aromatic carbocycles. The smallest absolute Gasteiger partial charge is 0.273 e. The van der Waals surface area contributed by atoms with Gasteiger partial charge in [-0.25, -0.2) is 17.5 Å². The molecule has 2 atom stereocenters. The molecule has 1 aliphatic rings. The second-order valence-electron chi connectivity index (χ2n) is 5.41. The largest absolute Gasteiger partial charge is 0.330 e. The first kappa shape index (κ1) is 16.8. The predicted molar refractivity (Wildman–Crippen MR) is 78.2 cm³/mol. The number of rotatable bonds is 5. The summed E-state index contributed by atoms with van der Waals surface area (Å²) in [6.07, 6.45) is 3.35. The first-order valence-corrected chi connectivity index (χ1v) is 8.49. The molecule has 1 aromatic rings. The summed E-state index contributed by atoms with van der Waals surface area (Å²) in [4.78, 5) is 9.46. The van der Waals surface area contributed by atoms with Crippen LogP contribution in [0.4, 0.5) is 10.1 Å². The van der Waals surface area contributed by atoms with Gasteiger partial charge in [0.2, 0.25) is 10.0 Å². The summed E-state index contributed by atoms with van der Waals surface area (Å²) >= 11 is 0. The van der Waals surface area contributed by atoms with Crippen LogP contribution in [0, 0.1) is 21.8 Å². The Bertz CT molecular complexity index is 665. The van der Waals surface area contributed by atoms with Crippen molar-refractivity contribution in [1.29, 1.82) is 0 Å². The quantitative estimate of drug-likeness (QED) is 0.627. The molecule has 3 N–H and O–H groups in total. The van der Waals surface area contributed by atoms with Crippen LogP contribution in [0.5, 0.6) is 0 Å². The van der Waals surface area contributed by atoms with Gasteiger partial charge in [-0.1, -0.05) is 12.8 Å². The number of nitro groups is 1. The molecular weight excluding hydrogens is 313 g/mol. The fourth-order valence-electron chi connectivity index (χ4n) is 2.72. The Balaban J connectivity index is 2.28. The molecule has 0 heterocycles. The van der Waals surface area contributed by atoms with Gasteiger partial charge in [-0.3, -0.25) is 10.1 Å². The predicted octanol–water partition coefficient (Wildman–Crippen LogP) is 1.53. The van der Waals surface area contributed by atoms with Crippen LogP contribution in [0.25, 0.3) is 0 Å². The SMILES string of the molecule is NC[C@@H]1CCCC[C@H]1NS(=O)(=O)c1cc(F)cc([N+](=O)[O-])c1. The molecule has 1 saturated carbocycles. The van der Waals surface area contributed by atoms with Gasteiger partial charge in [-0.05, 0) is 31.4 Å². The van der Waals surface area contributed by atoms with E-state index < -0.39 is 31.3 Å². The van der Waals surface area contributed by atoms with E-state index in [1.54, 1.807) is 0 Å². The maximum absolute atomic E-state index is 13.4. The minimum absolute atomic E-state index is 0.0204. The van der Waals surface area contributed by atoms with E-state index in [4.69, 9.17) is 5.73 Å². The standard InChI is InChI=1S/C13H18FN3O4S/c14-10-5-11(17(18)19)7-12(6-10)22(20,21)16-13-4-2-1-3-9(13)8-15/h5-7,9,13,16H,1-4,8,15H2/t9-,13+/m0/s1. The number of benzene rings is 1. The van der Waals surface area contributed by atoms with Gasteiger partial charge in [0.15, 0.2) is 0 Å². The van der Waals surface area contributed by atoms with Crippen molar-refractivity contribution in [1.82, 2.24) is 4.72 Å². The fourth-order valence-corrected chi connectivity index (χ4v) is 4.11. The third kappa shape index (κ3) is 3.79. The van der Waals surface area contributed by atoms with Gasteiger partial charge < -0.3 is 5.73 Å². The van der Waals surface area contributed by atoms with E-state index >= 15 is 0 Å². The van der Waals surface area contributed by atoms with E-state index in [-0.39, 0.29) is 12.0 Å². The first-order chi connectivity index (χ1) is 10.3. The zero-order valence-corrected chi connectivity index (χ0v) is 12.7. The van der Waals surface area contributed by atoms with Crippen molar-refractivity contribution in [3.63, 3.8) is 0 Å². The Labute approximate surface area is 127 Å². The summed E-state index contributed by atoms with van der Waals surface area (Å²) in [7, 11) is -4.03. The van der Waals surface area contributed by atoms with Crippen LogP contribution < -0.4 is 10.5 Å². The molecule has 7 nitrogen and oxygen atoms in total. The molecule has 1 aliphatic carbocycles. The third-order valence-electron chi connectivity index (χ3n) is 3.90. The highest BCUT2D eigenvalue weighted by Gasteiger charge is 2.29. The highest BCUT2D eigenvalue weighted by atomic mass is 32.2. The van der Waals surface area contributed by atoms with Crippen LogP contribution >= 0.6 is 0 Å². The first-order valence-electron chi connectivity index (χ1n) is 7.01. The Morgan fingerprint density at radius 1 is 1.32 bits per heavy atom. The molecule has 0 aliphatic heterocycles. The molecule has 0 aromatic heterocycles. The van der Waals surface area contributed by atoms with E-state index in [1.165, 1.54) is 0 Å². The van der Waals surface area contributed by atoms with Crippen molar-refractivity contribution >= 4 is 15.7 Å². The second kappa shape index (κ2) is 6.67.